The molecule has 0 amide bonds. The zero-order chi connectivity index (χ0) is 17.1. The van der Waals surface area contributed by atoms with Crippen molar-refractivity contribution in [2.24, 2.45) is 5.92 Å². The van der Waals surface area contributed by atoms with Gasteiger partial charge in [0.2, 0.25) is 0 Å². The number of nitrogen functional groups attached to an aromatic ring is 1. The van der Waals surface area contributed by atoms with E-state index in [1.54, 1.807) is 24.4 Å². The van der Waals surface area contributed by atoms with Crippen LogP contribution < -0.4 is 11.4 Å². The Balaban J connectivity index is 1.51. The molecule has 0 aliphatic carbocycles. The van der Waals surface area contributed by atoms with Crippen LogP contribution in [0.3, 0.4) is 0 Å². The summed E-state index contributed by atoms with van der Waals surface area (Å²) in [6, 6.07) is 1.55. The number of carbonyl (C=O) groups excluding carboxylic acids is 1. The first-order valence-electron chi connectivity index (χ1n) is 7.78. The number of nitrogens with two attached hydrogens (primary N) is 1. The van der Waals surface area contributed by atoms with Crippen LogP contribution in [0.4, 0.5) is 5.82 Å². The van der Waals surface area contributed by atoms with E-state index < -0.39 is 11.9 Å². The lowest BCUT2D eigenvalue weighted by Gasteiger charge is -2.18. The quantitative estimate of drug-likeness (QED) is 0.807. The summed E-state index contributed by atoms with van der Waals surface area (Å²) in [6.45, 7) is 0.167. The molecule has 0 saturated carbocycles. The minimum atomic E-state index is -0.445. The van der Waals surface area contributed by atoms with Crippen molar-refractivity contribution in [3.8, 4) is 0 Å². The van der Waals surface area contributed by atoms with Crippen LogP contribution in [0.2, 0.25) is 0 Å². The van der Waals surface area contributed by atoms with Crippen molar-refractivity contribution in [3.05, 3.63) is 47.3 Å². The second kappa shape index (κ2) is 6.88. The zero-order valence-corrected chi connectivity index (χ0v) is 13.4. The molecule has 3 rings (SSSR count). The van der Waals surface area contributed by atoms with Crippen LogP contribution >= 0.6 is 0 Å². The molecule has 2 aliphatic heterocycles. The van der Waals surface area contributed by atoms with E-state index in [1.807, 2.05) is 24.3 Å². The summed E-state index contributed by atoms with van der Waals surface area (Å²) in [5.41, 5.74) is 5.03. The normalized spacial score (nSPS) is 23.6. The van der Waals surface area contributed by atoms with Crippen LogP contribution in [0.1, 0.15) is 19.1 Å². The minimum Gasteiger partial charge on any atom is -0.462 e. The summed E-state index contributed by atoms with van der Waals surface area (Å²) in [4.78, 5) is 29.4. The molecule has 8 nitrogen and oxygen atoms in total. The first kappa shape index (κ1) is 16.3. The van der Waals surface area contributed by atoms with E-state index in [0.717, 1.165) is 0 Å². The van der Waals surface area contributed by atoms with Crippen molar-refractivity contribution in [2.45, 2.75) is 25.2 Å². The Kier molecular flexibility index (Phi) is 4.66. The molecule has 0 radical (unpaired) electrons. The summed E-state index contributed by atoms with van der Waals surface area (Å²) in [6.07, 6.45) is 9.47. The van der Waals surface area contributed by atoms with Gasteiger partial charge < -0.3 is 20.1 Å². The van der Waals surface area contributed by atoms with E-state index in [0.29, 0.717) is 12.8 Å². The van der Waals surface area contributed by atoms with Crippen LogP contribution in [0.25, 0.3) is 0 Å². The van der Waals surface area contributed by atoms with E-state index in [2.05, 4.69) is 4.98 Å². The molecule has 8 heteroatoms. The predicted molar refractivity (Wildman–Crippen MR) is 86.5 cm³/mol. The third-order valence-corrected chi connectivity index (χ3v) is 3.99. The molecular formula is C16H20N4O4. The second-order valence-corrected chi connectivity index (χ2v) is 5.84. The highest BCUT2D eigenvalue weighted by Gasteiger charge is 2.29. The Labute approximate surface area is 139 Å². The molecule has 3 heterocycles. The van der Waals surface area contributed by atoms with Gasteiger partial charge in [0.05, 0.1) is 12.0 Å². The number of esters is 1. The second-order valence-electron chi connectivity index (χ2n) is 5.84. The molecule has 1 aromatic heterocycles. The molecule has 2 unspecified atom stereocenters. The monoisotopic (exact) mass is 332 g/mol. The van der Waals surface area contributed by atoms with Gasteiger partial charge >= 0.3 is 11.7 Å². The molecule has 24 heavy (non-hydrogen) atoms. The van der Waals surface area contributed by atoms with E-state index in [4.69, 9.17) is 15.2 Å². The average molecular weight is 332 g/mol. The van der Waals surface area contributed by atoms with Crippen LogP contribution in [-0.4, -0.2) is 40.2 Å². The van der Waals surface area contributed by atoms with Gasteiger partial charge in [0, 0.05) is 25.6 Å². The Morgan fingerprint density at radius 2 is 2.17 bits per heavy atom. The predicted octanol–water partition coefficient (Wildman–Crippen LogP) is 0.635. The molecule has 0 aromatic carbocycles. The fraction of sp³-hybridized carbons (Fsp3) is 0.438. The Bertz CT molecular complexity index is 713. The van der Waals surface area contributed by atoms with Crippen molar-refractivity contribution in [3.63, 3.8) is 0 Å². The topological polar surface area (TPSA) is 99.7 Å². The van der Waals surface area contributed by atoms with Crippen molar-refractivity contribution in [2.75, 3.05) is 19.4 Å². The molecule has 128 valence electrons. The fourth-order valence-electron chi connectivity index (χ4n) is 2.66. The fourth-order valence-corrected chi connectivity index (χ4v) is 2.66. The van der Waals surface area contributed by atoms with Crippen LogP contribution in [0.15, 0.2) is 41.6 Å². The third kappa shape index (κ3) is 3.65. The number of aromatic nitrogens is 2. The van der Waals surface area contributed by atoms with E-state index in [9.17, 15) is 9.59 Å². The maximum absolute atomic E-state index is 12.0. The first-order chi connectivity index (χ1) is 11.5. The highest BCUT2D eigenvalue weighted by atomic mass is 16.6. The summed E-state index contributed by atoms with van der Waals surface area (Å²) in [5, 5.41) is 0. The third-order valence-electron chi connectivity index (χ3n) is 3.99. The van der Waals surface area contributed by atoms with Crippen molar-refractivity contribution in [1.82, 2.24) is 14.5 Å². The van der Waals surface area contributed by atoms with Gasteiger partial charge in [-0.3, -0.25) is 9.36 Å². The van der Waals surface area contributed by atoms with E-state index in [1.165, 1.54) is 4.57 Å². The van der Waals surface area contributed by atoms with Crippen molar-refractivity contribution < 1.29 is 14.3 Å². The number of anilines is 1. The Morgan fingerprint density at radius 3 is 2.88 bits per heavy atom. The number of hydrogen-bond donors (Lipinski definition) is 1. The molecule has 2 aliphatic rings. The molecule has 1 saturated heterocycles. The first-order valence-corrected chi connectivity index (χ1v) is 7.78. The van der Waals surface area contributed by atoms with Crippen molar-refractivity contribution >= 4 is 11.8 Å². The van der Waals surface area contributed by atoms with Gasteiger partial charge in [-0.05, 0) is 18.9 Å². The minimum absolute atomic E-state index is 0.167. The van der Waals surface area contributed by atoms with Gasteiger partial charge in [0.15, 0.2) is 0 Å². The Morgan fingerprint density at radius 1 is 1.42 bits per heavy atom. The van der Waals surface area contributed by atoms with Gasteiger partial charge in [0.1, 0.15) is 18.7 Å². The van der Waals surface area contributed by atoms with Gasteiger partial charge in [-0.25, -0.2) is 4.79 Å². The maximum atomic E-state index is 12.0. The summed E-state index contributed by atoms with van der Waals surface area (Å²) in [5.74, 6) is -0.504. The molecule has 0 spiro atoms. The standard InChI is InChI=1S/C16H20N4O4/c1-19-7-4-11(5-8-19)15(21)23-10-12-2-3-14(24-12)20-9-6-13(17)18-16(20)22/h4-9,11-12,14H,2-3,10H2,1H3,(H2,17,18,22). The number of ether oxygens (including phenoxy) is 2. The number of nitrogens with zero attached hydrogens (tertiary/aromatic N) is 3. The highest BCUT2D eigenvalue weighted by Crippen LogP contribution is 2.27. The molecule has 2 atom stereocenters. The molecule has 2 N–H and O–H groups in total. The molecule has 0 bridgehead atoms. The van der Waals surface area contributed by atoms with Gasteiger partial charge in [-0.1, -0.05) is 12.2 Å². The summed E-state index contributed by atoms with van der Waals surface area (Å²) < 4.78 is 12.5. The zero-order valence-electron chi connectivity index (χ0n) is 13.4. The lowest BCUT2D eigenvalue weighted by Crippen LogP contribution is -2.28. The maximum Gasteiger partial charge on any atom is 0.351 e. The molecular weight excluding hydrogens is 312 g/mol. The van der Waals surface area contributed by atoms with E-state index >= 15 is 0 Å². The molecule has 1 aromatic rings. The lowest BCUT2D eigenvalue weighted by molar-refractivity contribution is -0.150. The number of hydrogen-bond acceptors (Lipinski definition) is 7. The SMILES string of the molecule is CN1C=CC(C(=O)OCC2CCC(n3ccc(N)nc3=O)O2)C=C1. The van der Waals surface area contributed by atoms with E-state index in [-0.39, 0.29) is 30.4 Å². The van der Waals surface area contributed by atoms with Crippen LogP contribution in [0.5, 0.6) is 0 Å². The van der Waals surface area contributed by atoms with Crippen LogP contribution in [-0.2, 0) is 14.3 Å². The Hall–Kier alpha value is -2.61. The van der Waals surface area contributed by atoms with Crippen LogP contribution in [0, 0.1) is 5.92 Å². The van der Waals surface area contributed by atoms with Gasteiger partial charge in [-0.2, -0.15) is 4.98 Å². The lowest BCUT2D eigenvalue weighted by atomic mass is 10.1. The van der Waals surface area contributed by atoms with Gasteiger partial charge in [0.25, 0.3) is 0 Å². The number of rotatable bonds is 4. The smallest absolute Gasteiger partial charge is 0.351 e. The largest absolute Gasteiger partial charge is 0.462 e. The summed E-state index contributed by atoms with van der Waals surface area (Å²) >= 11 is 0. The highest BCUT2D eigenvalue weighted by molar-refractivity contribution is 5.76. The molecule has 1 fully saturated rings. The number of carbonyl (C=O) groups is 1. The average Bonchev–Trinajstić information content (AvgIpc) is 3.02. The van der Waals surface area contributed by atoms with Crippen molar-refractivity contribution in [1.29, 1.82) is 0 Å². The van der Waals surface area contributed by atoms with Gasteiger partial charge in [-0.15, -0.1) is 0 Å². The summed E-state index contributed by atoms with van der Waals surface area (Å²) in [7, 11) is 1.88.